The fourth-order valence-electron chi connectivity index (χ4n) is 6.65. The zero-order valence-electron chi connectivity index (χ0n) is 16.7. The molecular formula is C21H25N3O6. The van der Waals surface area contributed by atoms with Gasteiger partial charge in [-0.25, -0.2) is 14.8 Å². The van der Waals surface area contributed by atoms with Gasteiger partial charge >= 0.3 is 5.97 Å². The molecule has 1 aromatic heterocycles. The van der Waals surface area contributed by atoms with E-state index in [0.717, 1.165) is 37.5 Å². The summed E-state index contributed by atoms with van der Waals surface area (Å²) in [5, 5.41) is 9.29. The van der Waals surface area contributed by atoms with Gasteiger partial charge in [0.25, 0.3) is 5.91 Å². The second-order valence-corrected chi connectivity index (χ2v) is 9.56. The number of piperidine rings is 1. The summed E-state index contributed by atoms with van der Waals surface area (Å²) in [5.41, 5.74) is -0.463. The van der Waals surface area contributed by atoms with Gasteiger partial charge in [0.05, 0.1) is 0 Å². The van der Waals surface area contributed by atoms with Gasteiger partial charge in [-0.05, 0) is 43.9 Å². The first-order valence-electron chi connectivity index (χ1n) is 10.9. The minimum absolute atomic E-state index is 0.136. The number of carboxylic acid groups (broad SMARTS) is 1. The first kappa shape index (κ1) is 18.7. The molecule has 9 heteroatoms. The van der Waals surface area contributed by atoms with Crippen molar-refractivity contribution in [2.75, 3.05) is 13.1 Å². The molecule has 0 aromatic carbocycles. The average Bonchev–Trinajstić information content (AvgIpc) is 3.11. The van der Waals surface area contributed by atoms with Crippen molar-refractivity contribution < 1.29 is 29.2 Å². The number of ether oxygens (including phenoxy) is 1. The van der Waals surface area contributed by atoms with E-state index in [9.17, 15) is 14.7 Å². The Bertz CT molecular complexity index is 868. The smallest absolute Gasteiger partial charge is 0.356 e. The third-order valence-corrected chi connectivity index (χ3v) is 7.86. The molecule has 4 saturated carbocycles. The number of rotatable bonds is 2. The van der Waals surface area contributed by atoms with E-state index in [1.54, 1.807) is 4.90 Å². The van der Waals surface area contributed by atoms with E-state index in [4.69, 9.17) is 14.5 Å². The van der Waals surface area contributed by atoms with Crippen molar-refractivity contribution in [3.63, 3.8) is 0 Å². The van der Waals surface area contributed by atoms with Crippen LogP contribution in [-0.2, 0) is 14.5 Å². The standard InChI is InChI=1S/C21H25N3O6/c25-18(16-17(19(26)27)23-4-3-22-16)24-5-1-20(2-6-24)28-21(30-29-20)14-8-12-7-13(10-14)11-15(21)9-12/h3-4,12-15H,1-2,5-11H2,(H,26,27). The van der Waals surface area contributed by atoms with Gasteiger partial charge in [-0.2, -0.15) is 9.78 Å². The highest BCUT2D eigenvalue weighted by molar-refractivity contribution is 6.02. The maximum absolute atomic E-state index is 12.9. The Morgan fingerprint density at radius 1 is 0.933 bits per heavy atom. The quantitative estimate of drug-likeness (QED) is 0.732. The molecule has 1 amide bonds. The third-order valence-electron chi connectivity index (χ3n) is 7.86. The first-order valence-corrected chi connectivity index (χ1v) is 10.9. The van der Waals surface area contributed by atoms with Crippen LogP contribution in [-0.4, -0.2) is 56.5 Å². The van der Waals surface area contributed by atoms with Crippen LogP contribution in [0, 0.1) is 23.7 Å². The second-order valence-electron chi connectivity index (χ2n) is 9.56. The molecule has 6 fully saturated rings. The van der Waals surface area contributed by atoms with E-state index in [-0.39, 0.29) is 11.4 Å². The Morgan fingerprint density at radius 2 is 1.53 bits per heavy atom. The van der Waals surface area contributed by atoms with Crippen LogP contribution < -0.4 is 0 Å². The minimum atomic E-state index is -1.26. The lowest BCUT2D eigenvalue weighted by Crippen LogP contribution is -2.59. The van der Waals surface area contributed by atoms with E-state index in [1.807, 2.05) is 0 Å². The van der Waals surface area contributed by atoms with E-state index in [1.165, 1.54) is 18.8 Å². The summed E-state index contributed by atoms with van der Waals surface area (Å²) in [6.07, 6.45) is 9.54. The minimum Gasteiger partial charge on any atom is -0.476 e. The average molecular weight is 415 g/mol. The highest BCUT2D eigenvalue weighted by Crippen LogP contribution is 2.63. The molecular weight excluding hydrogens is 390 g/mol. The summed E-state index contributed by atoms with van der Waals surface area (Å²) in [5.74, 6) is -0.756. The number of hydrogen-bond acceptors (Lipinski definition) is 7. The summed E-state index contributed by atoms with van der Waals surface area (Å²) in [6.45, 7) is 0.767. The molecule has 9 nitrogen and oxygen atoms in total. The van der Waals surface area contributed by atoms with Gasteiger partial charge in [0.2, 0.25) is 11.6 Å². The van der Waals surface area contributed by atoms with Crippen LogP contribution in [0.2, 0.25) is 0 Å². The summed E-state index contributed by atoms with van der Waals surface area (Å²) >= 11 is 0. The van der Waals surface area contributed by atoms with Crippen molar-refractivity contribution in [1.82, 2.24) is 14.9 Å². The predicted octanol–water partition coefficient (Wildman–Crippen LogP) is 2.24. The van der Waals surface area contributed by atoms with Crippen LogP contribution in [0.15, 0.2) is 12.4 Å². The van der Waals surface area contributed by atoms with Crippen LogP contribution >= 0.6 is 0 Å². The number of carboxylic acids is 1. The molecule has 2 aliphatic heterocycles. The van der Waals surface area contributed by atoms with E-state index in [2.05, 4.69) is 9.97 Å². The molecule has 3 heterocycles. The molecule has 6 aliphatic rings. The Kier molecular flexibility index (Phi) is 4.01. The van der Waals surface area contributed by atoms with Crippen LogP contribution in [0.1, 0.15) is 65.9 Å². The SMILES string of the molecule is O=C(O)c1nccnc1C(=O)N1CCC2(CC1)OOC1(O2)C2CC3CC(C2)CC1C3. The molecule has 2 saturated heterocycles. The third kappa shape index (κ3) is 2.65. The van der Waals surface area contributed by atoms with Crippen LogP contribution in [0.5, 0.6) is 0 Å². The van der Waals surface area contributed by atoms with Gasteiger partial charge in [-0.1, -0.05) is 0 Å². The molecule has 1 aromatic rings. The predicted molar refractivity (Wildman–Crippen MR) is 99.9 cm³/mol. The van der Waals surface area contributed by atoms with Gasteiger partial charge in [0.1, 0.15) is 0 Å². The molecule has 4 aliphatic carbocycles. The van der Waals surface area contributed by atoms with E-state index in [0.29, 0.717) is 37.8 Å². The van der Waals surface area contributed by atoms with Crippen molar-refractivity contribution in [2.45, 2.75) is 56.5 Å². The van der Waals surface area contributed by atoms with Crippen molar-refractivity contribution in [1.29, 1.82) is 0 Å². The van der Waals surface area contributed by atoms with Crippen LogP contribution in [0.3, 0.4) is 0 Å². The van der Waals surface area contributed by atoms with Gasteiger partial charge in [-0.3, -0.25) is 4.79 Å². The summed E-state index contributed by atoms with van der Waals surface area (Å²) < 4.78 is 6.65. The van der Waals surface area contributed by atoms with Gasteiger partial charge in [-0.15, -0.1) is 0 Å². The van der Waals surface area contributed by atoms with E-state index < -0.39 is 23.5 Å². The lowest BCUT2D eigenvalue weighted by atomic mass is 9.53. The number of carbonyl (C=O) groups is 2. The fourth-order valence-corrected chi connectivity index (χ4v) is 6.65. The Hall–Kier alpha value is -2.10. The number of likely N-dealkylation sites (tertiary alicyclic amines) is 1. The summed E-state index contributed by atoms with van der Waals surface area (Å²) in [4.78, 5) is 45.5. The number of aromatic carboxylic acids is 1. The van der Waals surface area contributed by atoms with Crippen molar-refractivity contribution in [2.24, 2.45) is 23.7 Å². The van der Waals surface area contributed by atoms with Crippen molar-refractivity contribution in [3.05, 3.63) is 23.8 Å². The normalized spacial score (nSPS) is 38.5. The molecule has 0 atom stereocenters. The molecule has 7 rings (SSSR count). The Labute approximate surface area is 173 Å². The van der Waals surface area contributed by atoms with E-state index >= 15 is 0 Å². The molecule has 2 spiro atoms. The van der Waals surface area contributed by atoms with Crippen LogP contribution in [0.25, 0.3) is 0 Å². The topological polar surface area (TPSA) is 111 Å². The number of nitrogens with zero attached hydrogens (tertiary/aromatic N) is 3. The lowest BCUT2D eigenvalue weighted by Gasteiger charge is -2.57. The molecule has 4 bridgehead atoms. The molecule has 0 radical (unpaired) electrons. The fraction of sp³-hybridized carbons (Fsp3) is 0.714. The van der Waals surface area contributed by atoms with Gasteiger partial charge < -0.3 is 14.7 Å². The van der Waals surface area contributed by atoms with Crippen LogP contribution in [0.4, 0.5) is 0 Å². The number of hydrogen-bond donors (Lipinski definition) is 1. The largest absolute Gasteiger partial charge is 0.476 e. The van der Waals surface area contributed by atoms with Gasteiger partial charge in [0.15, 0.2) is 11.4 Å². The zero-order chi connectivity index (χ0) is 20.5. The lowest BCUT2D eigenvalue weighted by molar-refractivity contribution is -0.390. The zero-order valence-corrected chi connectivity index (χ0v) is 16.7. The monoisotopic (exact) mass is 415 g/mol. The molecule has 0 unspecified atom stereocenters. The van der Waals surface area contributed by atoms with Crippen molar-refractivity contribution >= 4 is 11.9 Å². The van der Waals surface area contributed by atoms with Crippen molar-refractivity contribution in [3.8, 4) is 0 Å². The number of aromatic nitrogens is 2. The number of carbonyl (C=O) groups excluding carboxylic acids is 1. The number of amides is 1. The Balaban J connectivity index is 1.16. The molecule has 160 valence electrons. The highest BCUT2D eigenvalue weighted by atomic mass is 17.3. The second kappa shape index (κ2) is 6.45. The summed E-state index contributed by atoms with van der Waals surface area (Å²) in [7, 11) is 0. The Morgan fingerprint density at radius 3 is 2.13 bits per heavy atom. The first-order chi connectivity index (χ1) is 14.5. The molecule has 1 N–H and O–H groups in total. The maximum Gasteiger partial charge on any atom is 0.356 e. The molecule has 30 heavy (non-hydrogen) atoms. The van der Waals surface area contributed by atoms with Gasteiger partial charge in [0, 0.05) is 50.2 Å². The highest BCUT2D eigenvalue weighted by Gasteiger charge is 2.66. The maximum atomic E-state index is 12.9. The summed E-state index contributed by atoms with van der Waals surface area (Å²) in [6, 6.07) is 0.